The number of carbonyl (C=O) groups is 1. The van der Waals surface area contributed by atoms with Gasteiger partial charge in [-0.25, -0.2) is 4.79 Å². The van der Waals surface area contributed by atoms with E-state index in [1.807, 2.05) is 29.2 Å². The van der Waals surface area contributed by atoms with E-state index in [9.17, 15) is 17.7 Å². The van der Waals surface area contributed by atoms with Crippen LogP contribution >= 0.6 is 0 Å². The molecule has 196 valence electrons. The van der Waals surface area contributed by atoms with Gasteiger partial charge in [0.05, 0.1) is 0 Å². The van der Waals surface area contributed by atoms with Crippen molar-refractivity contribution in [3.05, 3.63) is 93.4 Å². The first-order valence-electron chi connectivity index (χ1n) is 12.5. The summed E-state index contributed by atoms with van der Waals surface area (Å²) in [5.74, 6) is -0.0246. The van der Waals surface area contributed by atoms with Gasteiger partial charge < -0.3 is 22.6 Å². The minimum atomic E-state index is -5.25. The van der Waals surface area contributed by atoms with Gasteiger partial charge in [-0.3, -0.25) is 4.90 Å². The van der Waals surface area contributed by atoms with Crippen LogP contribution in [0.15, 0.2) is 65.8 Å². The van der Waals surface area contributed by atoms with Crippen molar-refractivity contribution in [3.63, 3.8) is 0 Å². The van der Waals surface area contributed by atoms with Gasteiger partial charge in [0.25, 0.3) is 0 Å². The van der Waals surface area contributed by atoms with Gasteiger partial charge in [-0.05, 0) is 46.3 Å². The monoisotopic (exact) mass is 559 g/mol. The number of hydrogen-bond donors (Lipinski definition) is 0. The Morgan fingerprint density at radius 2 is 1.62 bits per heavy atom. The zero-order valence-corrected chi connectivity index (χ0v) is 25.0. The van der Waals surface area contributed by atoms with Gasteiger partial charge in [-0.1, -0.05) is 65.3 Å². The number of halogens is 3. The van der Waals surface area contributed by atoms with E-state index in [2.05, 4.69) is 34.3 Å². The van der Waals surface area contributed by atoms with Gasteiger partial charge >= 0.3 is 64.5 Å². The van der Waals surface area contributed by atoms with Gasteiger partial charge in [0, 0.05) is 49.2 Å². The van der Waals surface area contributed by atoms with E-state index in [1.54, 1.807) is 4.90 Å². The quantitative estimate of drug-likeness (QED) is 0.202. The summed E-state index contributed by atoms with van der Waals surface area (Å²) in [5.41, 5.74) is 13.1. The summed E-state index contributed by atoms with van der Waals surface area (Å²) in [4.78, 5) is 19.1. The molecule has 0 spiro atoms. The van der Waals surface area contributed by atoms with Crippen molar-refractivity contribution in [3.8, 4) is 11.1 Å². The van der Waals surface area contributed by atoms with E-state index in [0.29, 0.717) is 31.7 Å². The van der Waals surface area contributed by atoms with E-state index in [1.165, 1.54) is 13.0 Å². The van der Waals surface area contributed by atoms with Crippen LogP contribution in [-0.2, 0) is 11.3 Å². The second-order valence-electron chi connectivity index (χ2n) is 9.65. The van der Waals surface area contributed by atoms with E-state index < -0.39 is 18.5 Å². The summed E-state index contributed by atoms with van der Waals surface area (Å²) in [6.45, 7) is -1.53. The topological polar surface area (TPSA) is 81.5 Å². The number of hydrogen-bond acceptors (Lipinski definition) is 4. The third-order valence-electron chi connectivity index (χ3n) is 7.41. The van der Waals surface area contributed by atoms with Crippen LogP contribution < -0.4 is 56.8 Å². The normalized spacial score (nSPS) is 15.1. The molecule has 7 nitrogen and oxygen atoms in total. The summed E-state index contributed by atoms with van der Waals surface area (Å²) in [7, 11) is 0. The Hall–Kier alpha value is -2.31. The Balaban J connectivity index is 0.00000353. The van der Waals surface area contributed by atoms with Crippen LogP contribution in [0.4, 0.5) is 23.4 Å². The maximum Gasteiger partial charge on any atom is 1.00 e. The number of benzene rings is 3. The summed E-state index contributed by atoms with van der Waals surface area (Å²) >= 11 is 0. The number of piperazine rings is 1. The molecule has 12 heteroatoms. The molecule has 0 atom stereocenters. The molecule has 0 radical (unpaired) electrons. The Kier molecular flexibility index (Phi) is 9.49. The number of rotatable bonds is 6. The predicted molar refractivity (Wildman–Crippen MR) is 141 cm³/mol. The molecule has 0 bridgehead atoms. The Labute approximate surface area is 267 Å². The third-order valence-corrected chi connectivity index (χ3v) is 7.41. The fraction of sp³-hybridized carbons (Fsp3) is 0.296. The molecule has 1 saturated heterocycles. The molecular weight excluding hydrogens is 533 g/mol. The number of carbonyl (C=O) groups excluding carboxylic acids is 1. The van der Waals surface area contributed by atoms with Crippen LogP contribution in [0, 0.1) is 6.92 Å². The van der Waals surface area contributed by atoms with Crippen molar-refractivity contribution in [1.29, 1.82) is 0 Å². The Morgan fingerprint density at radius 3 is 2.18 bits per heavy atom. The molecule has 0 saturated carbocycles. The maximum atomic E-state index is 13.6. The largest absolute Gasteiger partial charge is 1.00 e. The number of azide groups is 1. The molecule has 1 fully saturated rings. The molecule has 1 amide bonds. The minimum absolute atomic E-state index is 0. The van der Waals surface area contributed by atoms with Gasteiger partial charge in [0.2, 0.25) is 0 Å². The fourth-order valence-electron chi connectivity index (χ4n) is 5.41. The standard InChI is InChI=1S/C27H26BF3N5O2.K/c1-18-19(14-20(33-34-32)15-26(18)28(29,30)31)16-35-10-12-36(13-11-35)27(37)38-17-25-23-8-4-2-6-21(23)22-7-3-5-9-24(22)25;/h2-9,14-15,25H,10-13,16-17H2,1H3;/q-1;+1. The zero-order chi connectivity index (χ0) is 26.9. The van der Waals surface area contributed by atoms with E-state index >= 15 is 0 Å². The van der Waals surface area contributed by atoms with E-state index in [4.69, 9.17) is 10.3 Å². The van der Waals surface area contributed by atoms with E-state index in [-0.39, 0.29) is 81.7 Å². The molecule has 3 aromatic carbocycles. The van der Waals surface area contributed by atoms with Crippen LogP contribution in [-0.4, -0.2) is 55.7 Å². The van der Waals surface area contributed by atoms with Crippen LogP contribution in [0.3, 0.4) is 0 Å². The molecule has 0 aromatic heterocycles. The van der Waals surface area contributed by atoms with Crippen LogP contribution in [0.5, 0.6) is 0 Å². The minimum Gasteiger partial charge on any atom is -0.448 e. The third kappa shape index (κ3) is 6.38. The van der Waals surface area contributed by atoms with E-state index in [0.717, 1.165) is 28.3 Å². The molecular formula is C27H26BF3KN5O2. The van der Waals surface area contributed by atoms with Gasteiger partial charge in [-0.2, -0.15) is 0 Å². The molecule has 5 rings (SSSR count). The van der Waals surface area contributed by atoms with Gasteiger partial charge in [0.1, 0.15) is 6.61 Å². The summed E-state index contributed by atoms with van der Waals surface area (Å²) in [6.07, 6.45) is -0.393. The van der Waals surface area contributed by atoms with Crippen LogP contribution in [0.2, 0.25) is 0 Å². The number of ether oxygens (including phenoxy) is 1. The molecule has 39 heavy (non-hydrogen) atoms. The predicted octanol–water partition coefficient (Wildman–Crippen LogP) is 3.06. The number of amides is 1. The molecule has 1 heterocycles. The van der Waals surface area contributed by atoms with Crippen molar-refractivity contribution in [2.45, 2.75) is 19.4 Å². The van der Waals surface area contributed by atoms with Crippen molar-refractivity contribution in [2.75, 3.05) is 32.8 Å². The first-order chi connectivity index (χ1) is 18.3. The summed E-state index contributed by atoms with van der Waals surface area (Å²) < 4.78 is 46.5. The molecule has 0 unspecified atom stereocenters. The second kappa shape index (κ2) is 12.5. The van der Waals surface area contributed by atoms with Crippen molar-refractivity contribution >= 4 is 24.2 Å². The van der Waals surface area contributed by atoms with Gasteiger partial charge in [-0.15, -0.1) is 5.46 Å². The molecule has 2 aliphatic rings. The average molecular weight is 559 g/mol. The van der Waals surface area contributed by atoms with Gasteiger partial charge in [0.15, 0.2) is 0 Å². The second-order valence-corrected chi connectivity index (χ2v) is 9.65. The van der Waals surface area contributed by atoms with Crippen LogP contribution in [0.1, 0.15) is 28.2 Å². The Morgan fingerprint density at radius 1 is 1.03 bits per heavy atom. The first-order valence-corrected chi connectivity index (χ1v) is 12.5. The zero-order valence-electron chi connectivity index (χ0n) is 21.9. The summed E-state index contributed by atoms with van der Waals surface area (Å²) in [5, 5.41) is 3.39. The van der Waals surface area contributed by atoms with Crippen LogP contribution in [0.25, 0.3) is 21.6 Å². The molecule has 0 N–H and O–H groups in total. The molecule has 3 aromatic rings. The van der Waals surface area contributed by atoms with Crippen molar-refractivity contribution in [1.82, 2.24) is 9.80 Å². The van der Waals surface area contributed by atoms with Crippen molar-refractivity contribution in [2.24, 2.45) is 5.11 Å². The first kappa shape index (κ1) is 29.7. The molecule has 1 aliphatic carbocycles. The molecule has 1 aliphatic heterocycles. The average Bonchev–Trinajstić information content (AvgIpc) is 3.22. The Bertz CT molecular complexity index is 1380. The summed E-state index contributed by atoms with van der Waals surface area (Å²) in [6, 6.07) is 18.7. The SMILES string of the molecule is Cc1c(CN2CCN(C(=O)OCC3c4ccccc4-c4ccccc43)CC2)cc(N=[N+]=[N-])cc1[B-](F)(F)F.[K+]. The smallest absolute Gasteiger partial charge is 0.448 e. The number of nitrogens with zero attached hydrogens (tertiary/aromatic N) is 5. The number of fused-ring (bicyclic) bond motifs is 3. The fourth-order valence-corrected chi connectivity index (χ4v) is 5.41. The maximum absolute atomic E-state index is 13.6. The van der Waals surface area contributed by atoms with Crippen molar-refractivity contribution < 1.29 is 73.9 Å².